The van der Waals surface area contributed by atoms with Crippen LogP contribution in [0.2, 0.25) is 4.34 Å². The first-order chi connectivity index (χ1) is 9.10. The molecule has 0 saturated carbocycles. The molecule has 0 spiro atoms. The van der Waals surface area contributed by atoms with Crippen molar-refractivity contribution >= 4 is 34.6 Å². The van der Waals surface area contributed by atoms with Gasteiger partial charge >= 0.3 is 5.97 Å². The van der Waals surface area contributed by atoms with Gasteiger partial charge in [0.2, 0.25) is 0 Å². The summed E-state index contributed by atoms with van der Waals surface area (Å²) in [4.78, 5) is 15.6. The number of methoxy groups -OCH3 is 1. The zero-order chi connectivity index (χ0) is 13.8. The molecule has 0 saturated heterocycles. The van der Waals surface area contributed by atoms with E-state index in [1.165, 1.54) is 18.4 Å². The highest BCUT2D eigenvalue weighted by molar-refractivity contribution is 7.15. The van der Waals surface area contributed by atoms with Crippen molar-refractivity contribution < 1.29 is 9.53 Å². The van der Waals surface area contributed by atoms with Gasteiger partial charge in [0.1, 0.15) is 9.34 Å². The van der Waals surface area contributed by atoms with E-state index in [0.29, 0.717) is 16.4 Å². The van der Waals surface area contributed by atoms with Crippen LogP contribution in [0, 0.1) is 6.92 Å². The average molecular weight is 297 g/mol. The van der Waals surface area contributed by atoms with Gasteiger partial charge in [0.15, 0.2) is 0 Å². The highest BCUT2D eigenvalue weighted by Gasteiger charge is 2.08. The summed E-state index contributed by atoms with van der Waals surface area (Å²) in [5.41, 5.74) is 2.48. The van der Waals surface area contributed by atoms with Crippen molar-refractivity contribution in [3.05, 3.63) is 44.9 Å². The van der Waals surface area contributed by atoms with Gasteiger partial charge in [-0.15, -0.1) is 11.3 Å². The van der Waals surface area contributed by atoms with Gasteiger partial charge in [0, 0.05) is 5.69 Å². The molecule has 19 heavy (non-hydrogen) atoms. The summed E-state index contributed by atoms with van der Waals surface area (Å²) in [5, 5.41) is 4.18. The Morgan fingerprint density at radius 1 is 1.53 bits per heavy atom. The molecule has 0 aliphatic rings. The van der Waals surface area contributed by atoms with E-state index in [9.17, 15) is 4.79 Å². The Balaban J connectivity index is 2.07. The number of thiazole rings is 1. The Morgan fingerprint density at radius 3 is 2.89 bits per heavy atom. The lowest BCUT2D eigenvalue weighted by molar-refractivity contribution is 0.0600. The number of aryl methyl sites for hydroxylation is 1. The number of benzene rings is 1. The fourth-order valence-corrected chi connectivity index (χ4v) is 2.54. The molecule has 0 fully saturated rings. The summed E-state index contributed by atoms with van der Waals surface area (Å²) in [7, 11) is 1.37. The van der Waals surface area contributed by atoms with Crippen LogP contribution >= 0.6 is 22.9 Å². The molecule has 1 N–H and O–H groups in total. The van der Waals surface area contributed by atoms with E-state index in [0.717, 1.165) is 16.3 Å². The number of nitrogens with zero attached hydrogens (tertiary/aromatic N) is 1. The average Bonchev–Trinajstić information content (AvgIpc) is 2.82. The fraction of sp³-hybridized carbons (Fsp3) is 0.231. The van der Waals surface area contributed by atoms with E-state index in [-0.39, 0.29) is 5.97 Å². The first-order valence-corrected chi connectivity index (χ1v) is 6.82. The molecular weight excluding hydrogens is 284 g/mol. The minimum atomic E-state index is -0.332. The van der Waals surface area contributed by atoms with Crippen molar-refractivity contribution in [3.63, 3.8) is 0 Å². The molecule has 0 aliphatic carbocycles. The summed E-state index contributed by atoms with van der Waals surface area (Å²) in [6, 6.07) is 5.38. The number of esters is 1. The predicted molar refractivity (Wildman–Crippen MR) is 77.0 cm³/mol. The van der Waals surface area contributed by atoms with Crippen LogP contribution in [0.5, 0.6) is 0 Å². The van der Waals surface area contributed by atoms with E-state index >= 15 is 0 Å². The number of hydrogen-bond donors (Lipinski definition) is 1. The molecule has 2 aromatic rings. The van der Waals surface area contributed by atoms with Crippen molar-refractivity contribution in [2.45, 2.75) is 13.5 Å². The molecule has 6 heteroatoms. The number of carbonyl (C=O) groups excluding carboxylic acids is 1. The van der Waals surface area contributed by atoms with Crippen molar-refractivity contribution in [2.24, 2.45) is 0 Å². The largest absolute Gasteiger partial charge is 0.465 e. The lowest BCUT2D eigenvalue weighted by Gasteiger charge is -2.09. The second-order valence-corrected chi connectivity index (χ2v) is 5.68. The number of hydrogen-bond acceptors (Lipinski definition) is 5. The van der Waals surface area contributed by atoms with Crippen molar-refractivity contribution in [1.29, 1.82) is 0 Å². The normalized spacial score (nSPS) is 10.3. The van der Waals surface area contributed by atoms with Crippen LogP contribution in [-0.4, -0.2) is 18.1 Å². The van der Waals surface area contributed by atoms with Gasteiger partial charge in [-0.1, -0.05) is 11.6 Å². The molecule has 100 valence electrons. The van der Waals surface area contributed by atoms with Gasteiger partial charge in [-0.05, 0) is 30.7 Å². The van der Waals surface area contributed by atoms with E-state index in [1.54, 1.807) is 18.3 Å². The zero-order valence-corrected chi connectivity index (χ0v) is 12.1. The quantitative estimate of drug-likeness (QED) is 0.877. The topological polar surface area (TPSA) is 51.2 Å². The number of aromatic nitrogens is 1. The van der Waals surface area contributed by atoms with Gasteiger partial charge in [0.05, 0.1) is 25.4 Å². The number of rotatable bonds is 4. The van der Waals surface area contributed by atoms with E-state index in [2.05, 4.69) is 15.0 Å². The second kappa shape index (κ2) is 6.04. The first kappa shape index (κ1) is 13.8. The van der Waals surface area contributed by atoms with Crippen molar-refractivity contribution in [3.8, 4) is 0 Å². The molecule has 0 unspecified atom stereocenters. The fourth-order valence-electron chi connectivity index (χ4n) is 1.65. The summed E-state index contributed by atoms with van der Waals surface area (Å²) >= 11 is 7.26. The second-order valence-electron chi connectivity index (χ2n) is 3.93. The lowest BCUT2D eigenvalue weighted by atomic mass is 10.1. The van der Waals surface area contributed by atoms with Crippen LogP contribution in [0.1, 0.15) is 20.9 Å². The highest BCUT2D eigenvalue weighted by Crippen LogP contribution is 2.21. The number of anilines is 1. The van der Waals surface area contributed by atoms with Crippen LogP contribution in [-0.2, 0) is 11.3 Å². The van der Waals surface area contributed by atoms with Crippen LogP contribution in [0.3, 0.4) is 0 Å². The molecule has 1 heterocycles. The van der Waals surface area contributed by atoms with Gasteiger partial charge in [-0.25, -0.2) is 9.78 Å². The Bertz CT molecular complexity index is 598. The molecular formula is C13H13ClN2O2S. The van der Waals surface area contributed by atoms with Gasteiger partial charge in [-0.2, -0.15) is 0 Å². The molecule has 4 nitrogen and oxygen atoms in total. The molecule has 0 aliphatic heterocycles. The monoisotopic (exact) mass is 296 g/mol. The smallest absolute Gasteiger partial charge is 0.337 e. The van der Waals surface area contributed by atoms with Gasteiger partial charge < -0.3 is 10.1 Å². The maximum absolute atomic E-state index is 11.4. The third-order valence-electron chi connectivity index (χ3n) is 2.60. The molecule has 1 aromatic heterocycles. The Labute approximate surface area is 120 Å². The molecule has 0 amide bonds. The molecule has 0 atom stereocenters. The van der Waals surface area contributed by atoms with Crippen LogP contribution < -0.4 is 5.32 Å². The standard InChI is InChI=1S/C13H13ClN2O2S/c1-8-5-9(13(17)18-2)3-4-10(8)15-7-12-16-6-11(14)19-12/h3-6,15H,7H2,1-2H3. The van der Waals surface area contributed by atoms with E-state index in [4.69, 9.17) is 11.6 Å². The summed E-state index contributed by atoms with van der Waals surface area (Å²) in [6.07, 6.45) is 1.64. The molecule has 0 bridgehead atoms. The van der Waals surface area contributed by atoms with Crippen LogP contribution in [0.25, 0.3) is 0 Å². The Hall–Kier alpha value is -1.59. The Kier molecular flexibility index (Phi) is 4.39. The SMILES string of the molecule is COC(=O)c1ccc(NCc2ncc(Cl)s2)c(C)c1. The number of halogens is 1. The Morgan fingerprint density at radius 2 is 2.32 bits per heavy atom. The minimum Gasteiger partial charge on any atom is -0.465 e. The maximum atomic E-state index is 11.4. The number of carbonyl (C=O) groups is 1. The van der Waals surface area contributed by atoms with Gasteiger partial charge in [0.25, 0.3) is 0 Å². The van der Waals surface area contributed by atoms with E-state index < -0.39 is 0 Å². The first-order valence-electron chi connectivity index (χ1n) is 5.63. The summed E-state index contributed by atoms with van der Waals surface area (Å²) in [5.74, 6) is -0.332. The van der Waals surface area contributed by atoms with Crippen LogP contribution in [0.15, 0.2) is 24.4 Å². The lowest BCUT2D eigenvalue weighted by Crippen LogP contribution is -2.04. The molecule has 1 aromatic carbocycles. The third kappa shape index (κ3) is 3.45. The van der Waals surface area contributed by atoms with Crippen LogP contribution in [0.4, 0.5) is 5.69 Å². The van der Waals surface area contributed by atoms with Crippen molar-refractivity contribution in [2.75, 3.05) is 12.4 Å². The predicted octanol–water partition coefficient (Wildman–Crippen LogP) is 3.50. The zero-order valence-electron chi connectivity index (χ0n) is 10.6. The molecule has 0 radical (unpaired) electrons. The summed E-state index contributed by atoms with van der Waals surface area (Å²) in [6.45, 7) is 2.54. The highest BCUT2D eigenvalue weighted by atomic mass is 35.5. The van der Waals surface area contributed by atoms with Gasteiger partial charge in [-0.3, -0.25) is 0 Å². The summed E-state index contributed by atoms with van der Waals surface area (Å²) < 4.78 is 5.36. The third-order valence-corrected chi connectivity index (χ3v) is 3.72. The maximum Gasteiger partial charge on any atom is 0.337 e. The van der Waals surface area contributed by atoms with Crippen molar-refractivity contribution in [1.82, 2.24) is 4.98 Å². The van der Waals surface area contributed by atoms with E-state index in [1.807, 2.05) is 13.0 Å². The number of nitrogens with one attached hydrogen (secondary N) is 1. The molecule has 2 rings (SSSR count). The number of ether oxygens (including phenoxy) is 1. The minimum absolute atomic E-state index is 0.332.